The molecule has 0 radical (unpaired) electrons. The minimum absolute atomic E-state index is 0.121. The van der Waals surface area contributed by atoms with Gasteiger partial charge in [0.2, 0.25) is 5.91 Å². The Kier molecular flexibility index (Phi) is 1.65. The molecule has 15 heavy (non-hydrogen) atoms. The molecular formula is C11H12N2O2. The number of hydrogen-bond acceptors (Lipinski definition) is 3. The van der Waals surface area contributed by atoms with E-state index in [1.807, 2.05) is 4.90 Å². The van der Waals surface area contributed by atoms with Gasteiger partial charge in [-0.25, -0.2) is 0 Å². The van der Waals surface area contributed by atoms with Gasteiger partial charge in [0.05, 0.1) is 17.9 Å². The van der Waals surface area contributed by atoms with Gasteiger partial charge in [-0.15, -0.1) is 0 Å². The predicted octanol–water partition coefficient (Wildman–Crippen LogP) is 1.31. The zero-order valence-electron chi connectivity index (χ0n) is 8.23. The first-order valence-corrected chi connectivity index (χ1v) is 5.14. The van der Waals surface area contributed by atoms with Gasteiger partial charge in [-0.3, -0.25) is 4.79 Å². The first-order valence-electron chi connectivity index (χ1n) is 5.14. The lowest BCUT2D eigenvalue weighted by Gasteiger charge is -2.30. The number of benzene rings is 1. The highest BCUT2D eigenvalue weighted by atomic mass is 16.3. The fourth-order valence-corrected chi connectivity index (χ4v) is 2.00. The second-order valence-electron chi connectivity index (χ2n) is 4.05. The van der Waals surface area contributed by atoms with E-state index in [9.17, 15) is 9.90 Å². The molecule has 1 aromatic carbocycles. The Hall–Kier alpha value is -1.71. The molecule has 1 saturated carbocycles. The molecule has 2 N–H and O–H groups in total. The number of carbonyl (C=O) groups excluding carboxylic acids is 1. The Morgan fingerprint density at radius 3 is 2.93 bits per heavy atom. The summed E-state index contributed by atoms with van der Waals surface area (Å²) in [5.41, 5.74) is 1.74. The number of anilines is 2. The van der Waals surface area contributed by atoms with Gasteiger partial charge in [-0.05, 0) is 25.0 Å². The number of amides is 1. The van der Waals surface area contributed by atoms with E-state index in [2.05, 4.69) is 5.32 Å². The fourth-order valence-electron chi connectivity index (χ4n) is 2.00. The van der Waals surface area contributed by atoms with Gasteiger partial charge in [-0.2, -0.15) is 0 Å². The lowest BCUT2D eigenvalue weighted by Crippen LogP contribution is -2.41. The van der Waals surface area contributed by atoms with Crippen molar-refractivity contribution in [3.05, 3.63) is 18.2 Å². The molecule has 1 fully saturated rings. The van der Waals surface area contributed by atoms with E-state index in [0.717, 1.165) is 24.2 Å². The first kappa shape index (κ1) is 8.59. The zero-order chi connectivity index (χ0) is 10.4. The summed E-state index contributed by atoms with van der Waals surface area (Å²) in [7, 11) is 0. The van der Waals surface area contributed by atoms with Crippen LogP contribution in [0.2, 0.25) is 0 Å². The van der Waals surface area contributed by atoms with Crippen LogP contribution in [0.5, 0.6) is 5.75 Å². The molecule has 3 rings (SSSR count). The number of nitrogens with zero attached hydrogens (tertiary/aromatic N) is 1. The van der Waals surface area contributed by atoms with Crippen LogP contribution >= 0.6 is 0 Å². The van der Waals surface area contributed by atoms with Crippen molar-refractivity contribution >= 4 is 17.3 Å². The van der Waals surface area contributed by atoms with Crippen molar-refractivity contribution in [1.82, 2.24) is 0 Å². The standard InChI is InChI=1S/C11H12N2O2/c14-8-3-4-10-9(5-8)12-6-11(15)13(10)7-1-2-7/h3-5,7,12,14H,1-2,6H2. The van der Waals surface area contributed by atoms with E-state index in [1.165, 1.54) is 0 Å². The molecule has 0 atom stereocenters. The number of phenols is 1. The van der Waals surface area contributed by atoms with Crippen molar-refractivity contribution in [1.29, 1.82) is 0 Å². The molecule has 4 heteroatoms. The van der Waals surface area contributed by atoms with Gasteiger partial charge < -0.3 is 15.3 Å². The Balaban J connectivity index is 2.07. The van der Waals surface area contributed by atoms with E-state index in [1.54, 1.807) is 18.2 Å². The molecule has 0 saturated heterocycles. The van der Waals surface area contributed by atoms with E-state index >= 15 is 0 Å². The highest BCUT2D eigenvalue weighted by molar-refractivity contribution is 6.03. The maximum Gasteiger partial charge on any atom is 0.246 e. The highest BCUT2D eigenvalue weighted by Gasteiger charge is 2.36. The number of nitrogens with one attached hydrogen (secondary N) is 1. The van der Waals surface area contributed by atoms with Gasteiger partial charge in [0, 0.05) is 12.1 Å². The van der Waals surface area contributed by atoms with Crippen molar-refractivity contribution < 1.29 is 9.90 Å². The van der Waals surface area contributed by atoms with E-state index in [-0.39, 0.29) is 11.7 Å². The summed E-state index contributed by atoms with van der Waals surface area (Å²) in [6.45, 7) is 0.326. The average molecular weight is 204 g/mol. The van der Waals surface area contributed by atoms with Crippen molar-refractivity contribution in [3.8, 4) is 5.75 Å². The second-order valence-corrected chi connectivity index (χ2v) is 4.05. The van der Waals surface area contributed by atoms with Gasteiger partial charge in [0.15, 0.2) is 0 Å². The Morgan fingerprint density at radius 1 is 1.40 bits per heavy atom. The Labute approximate surface area is 87.5 Å². The second kappa shape index (κ2) is 2.89. The third kappa shape index (κ3) is 1.33. The third-order valence-electron chi connectivity index (χ3n) is 2.85. The molecule has 0 bridgehead atoms. The number of aromatic hydroxyl groups is 1. The molecule has 1 aliphatic carbocycles. The number of hydrogen-bond donors (Lipinski definition) is 2. The molecule has 78 valence electrons. The molecule has 1 aliphatic heterocycles. The van der Waals surface area contributed by atoms with Crippen LogP contribution in [-0.4, -0.2) is 23.6 Å². The number of rotatable bonds is 1. The molecule has 1 heterocycles. The average Bonchev–Trinajstić information content (AvgIpc) is 3.02. The van der Waals surface area contributed by atoms with Crippen molar-refractivity contribution in [2.45, 2.75) is 18.9 Å². The van der Waals surface area contributed by atoms with Crippen molar-refractivity contribution in [2.75, 3.05) is 16.8 Å². The largest absolute Gasteiger partial charge is 0.508 e. The van der Waals surface area contributed by atoms with E-state index in [0.29, 0.717) is 12.6 Å². The summed E-state index contributed by atoms with van der Waals surface area (Å²) in [4.78, 5) is 13.6. The summed E-state index contributed by atoms with van der Waals surface area (Å²) in [6, 6.07) is 5.46. The normalized spacial score (nSPS) is 19.7. The third-order valence-corrected chi connectivity index (χ3v) is 2.85. The van der Waals surface area contributed by atoms with Gasteiger partial charge >= 0.3 is 0 Å². The van der Waals surface area contributed by atoms with Gasteiger partial charge in [0.1, 0.15) is 5.75 Å². The van der Waals surface area contributed by atoms with Crippen LogP contribution < -0.4 is 10.2 Å². The van der Waals surface area contributed by atoms with Crippen molar-refractivity contribution in [3.63, 3.8) is 0 Å². The van der Waals surface area contributed by atoms with Crippen LogP contribution in [0.1, 0.15) is 12.8 Å². The molecule has 2 aliphatic rings. The van der Waals surface area contributed by atoms with E-state index in [4.69, 9.17) is 0 Å². The van der Waals surface area contributed by atoms with Gasteiger partial charge in [-0.1, -0.05) is 0 Å². The summed E-state index contributed by atoms with van der Waals surface area (Å²) in [6.07, 6.45) is 2.18. The van der Waals surface area contributed by atoms with E-state index < -0.39 is 0 Å². The maximum absolute atomic E-state index is 11.7. The Bertz CT molecular complexity index is 427. The smallest absolute Gasteiger partial charge is 0.246 e. The summed E-state index contributed by atoms with van der Waals surface area (Å²) < 4.78 is 0. The molecule has 1 aromatic rings. The lowest BCUT2D eigenvalue weighted by molar-refractivity contribution is -0.117. The topological polar surface area (TPSA) is 52.6 Å². The maximum atomic E-state index is 11.7. The predicted molar refractivity (Wildman–Crippen MR) is 57.1 cm³/mol. The number of carbonyl (C=O) groups is 1. The Morgan fingerprint density at radius 2 is 2.20 bits per heavy atom. The monoisotopic (exact) mass is 204 g/mol. The fraction of sp³-hybridized carbons (Fsp3) is 0.364. The quantitative estimate of drug-likeness (QED) is 0.725. The molecule has 1 amide bonds. The molecule has 4 nitrogen and oxygen atoms in total. The number of fused-ring (bicyclic) bond motifs is 1. The summed E-state index contributed by atoms with van der Waals surface area (Å²) in [5.74, 6) is 0.349. The first-order chi connectivity index (χ1) is 7.25. The minimum Gasteiger partial charge on any atom is -0.508 e. The lowest BCUT2D eigenvalue weighted by atomic mass is 10.2. The molecular weight excluding hydrogens is 192 g/mol. The SMILES string of the molecule is O=C1CNc2cc(O)ccc2N1C1CC1. The highest BCUT2D eigenvalue weighted by Crippen LogP contribution is 2.39. The van der Waals surface area contributed by atoms with Crippen LogP contribution in [0.15, 0.2) is 18.2 Å². The summed E-state index contributed by atoms with van der Waals surface area (Å²) >= 11 is 0. The van der Waals surface area contributed by atoms with Crippen LogP contribution in [0.4, 0.5) is 11.4 Å². The minimum atomic E-state index is 0.121. The van der Waals surface area contributed by atoms with Crippen molar-refractivity contribution in [2.24, 2.45) is 0 Å². The van der Waals surface area contributed by atoms with Crippen LogP contribution in [-0.2, 0) is 4.79 Å². The number of phenolic OH excluding ortho intramolecular Hbond substituents is 1. The zero-order valence-corrected chi connectivity index (χ0v) is 8.23. The van der Waals surface area contributed by atoms with Crippen LogP contribution in [0, 0.1) is 0 Å². The molecule has 0 unspecified atom stereocenters. The van der Waals surface area contributed by atoms with Crippen LogP contribution in [0.25, 0.3) is 0 Å². The molecule has 0 aromatic heterocycles. The summed E-state index contributed by atoms with van der Waals surface area (Å²) in [5, 5.41) is 12.4. The van der Waals surface area contributed by atoms with Gasteiger partial charge in [0.25, 0.3) is 0 Å². The molecule has 0 spiro atoms. The van der Waals surface area contributed by atoms with Crippen LogP contribution in [0.3, 0.4) is 0 Å².